The molecule has 8 nitrogen and oxygen atoms in total. The van der Waals surface area contributed by atoms with Crippen LogP contribution in [0.5, 0.6) is 0 Å². The van der Waals surface area contributed by atoms with Crippen molar-refractivity contribution in [2.45, 2.75) is 6.92 Å². The first-order valence-corrected chi connectivity index (χ1v) is 8.81. The maximum absolute atomic E-state index is 9.92. The first-order chi connectivity index (χ1) is 13.3. The number of rotatable bonds is 2. The molecule has 1 aromatic carbocycles. The summed E-state index contributed by atoms with van der Waals surface area (Å²) in [5, 5.41) is 18.0. The molecule has 0 bridgehead atoms. The summed E-state index contributed by atoms with van der Waals surface area (Å²) in [7, 11) is 0. The van der Waals surface area contributed by atoms with Gasteiger partial charge in [0, 0.05) is 30.2 Å². The molecule has 1 fully saturated rings. The van der Waals surface area contributed by atoms with Gasteiger partial charge in [0.15, 0.2) is 17.2 Å². The summed E-state index contributed by atoms with van der Waals surface area (Å²) in [6, 6.07) is 8.20. The molecular weight excluding hydrogens is 342 g/mol. The highest BCUT2D eigenvalue weighted by atomic mass is 16.5. The molecular formula is C19H17N7O. The molecule has 134 valence electrons. The van der Waals surface area contributed by atoms with E-state index in [1.165, 1.54) is 0 Å². The molecule has 1 aliphatic rings. The minimum atomic E-state index is 0.469. The van der Waals surface area contributed by atoms with Gasteiger partial charge in [0.25, 0.3) is 0 Å². The number of aromatic amines is 1. The topological polar surface area (TPSA) is 95.1 Å². The molecule has 0 atom stereocenters. The summed E-state index contributed by atoms with van der Waals surface area (Å²) in [6.45, 7) is 4.72. The van der Waals surface area contributed by atoms with Gasteiger partial charge < -0.3 is 9.64 Å². The number of nitrogens with zero attached hydrogens (tertiary/aromatic N) is 6. The van der Waals surface area contributed by atoms with E-state index in [4.69, 9.17) is 9.72 Å². The van der Waals surface area contributed by atoms with Crippen molar-refractivity contribution in [3.05, 3.63) is 42.0 Å². The Labute approximate surface area is 155 Å². The fourth-order valence-electron chi connectivity index (χ4n) is 3.61. The molecule has 5 rings (SSSR count). The van der Waals surface area contributed by atoms with E-state index < -0.39 is 0 Å². The number of imidazole rings is 1. The van der Waals surface area contributed by atoms with E-state index in [1.54, 1.807) is 6.20 Å². The van der Waals surface area contributed by atoms with Crippen LogP contribution < -0.4 is 4.90 Å². The van der Waals surface area contributed by atoms with Gasteiger partial charge in [0.1, 0.15) is 11.8 Å². The largest absolute Gasteiger partial charge is 0.378 e. The van der Waals surface area contributed by atoms with E-state index in [0.717, 1.165) is 41.1 Å². The zero-order valence-corrected chi connectivity index (χ0v) is 14.8. The number of aryl methyl sites for hydroxylation is 1. The minimum Gasteiger partial charge on any atom is -0.378 e. The molecule has 0 aliphatic carbocycles. The number of ether oxygens (including phenoxy) is 1. The molecule has 4 heterocycles. The number of H-pyrrole nitrogens is 1. The fraction of sp³-hybridized carbons (Fsp3) is 0.263. The van der Waals surface area contributed by atoms with Gasteiger partial charge in [0.2, 0.25) is 0 Å². The number of hydrogen-bond acceptors (Lipinski definition) is 6. The number of morpholine rings is 1. The number of nitriles is 1. The third kappa shape index (κ3) is 2.44. The van der Waals surface area contributed by atoms with Crippen LogP contribution in [0.15, 0.2) is 30.6 Å². The number of fused-ring (bicyclic) bond motifs is 2. The first-order valence-electron chi connectivity index (χ1n) is 8.81. The maximum atomic E-state index is 9.92. The number of aromatic nitrogens is 5. The third-order valence-corrected chi connectivity index (χ3v) is 4.87. The van der Waals surface area contributed by atoms with Gasteiger partial charge in [-0.25, -0.2) is 9.97 Å². The van der Waals surface area contributed by atoms with Crippen LogP contribution in [0.3, 0.4) is 0 Å². The normalized spacial score (nSPS) is 14.7. The summed E-state index contributed by atoms with van der Waals surface area (Å²) in [5.74, 6) is 0.779. The third-order valence-electron chi connectivity index (χ3n) is 4.87. The number of anilines is 1. The van der Waals surface area contributed by atoms with Crippen LogP contribution in [0.25, 0.3) is 27.8 Å². The lowest BCUT2D eigenvalue weighted by atomic mass is 10.1. The van der Waals surface area contributed by atoms with E-state index >= 15 is 0 Å². The van der Waals surface area contributed by atoms with Crippen molar-refractivity contribution in [1.82, 2.24) is 24.6 Å². The molecule has 8 heteroatoms. The Bertz CT molecular complexity index is 1190. The second kappa shape index (κ2) is 6.07. The molecule has 27 heavy (non-hydrogen) atoms. The number of benzene rings is 1. The SMILES string of the molecule is Cc1cn2c(C#N)c(-c3cccc4[nH]ncc34)nc(N3CCOCC3)c2n1. The second-order valence-corrected chi connectivity index (χ2v) is 6.56. The molecule has 3 aromatic heterocycles. The van der Waals surface area contributed by atoms with Crippen molar-refractivity contribution < 1.29 is 4.74 Å². The van der Waals surface area contributed by atoms with Crippen molar-refractivity contribution in [3.63, 3.8) is 0 Å². The molecule has 0 unspecified atom stereocenters. The molecule has 1 saturated heterocycles. The van der Waals surface area contributed by atoms with Crippen LogP contribution in [0.2, 0.25) is 0 Å². The van der Waals surface area contributed by atoms with Gasteiger partial charge >= 0.3 is 0 Å². The fourth-order valence-corrected chi connectivity index (χ4v) is 3.61. The Balaban J connectivity index is 1.84. The number of hydrogen-bond donors (Lipinski definition) is 1. The Hall–Kier alpha value is -3.44. The van der Waals surface area contributed by atoms with Gasteiger partial charge in [0.05, 0.1) is 30.6 Å². The molecule has 0 saturated carbocycles. The minimum absolute atomic E-state index is 0.469. The van der Waals surface area contributed by atoms with Crippen molar-refractivity contribution in [2.75, 3.05) is 31.2 Å². The van der Waals surface area contributed by atoms with E-state index in [-0.39, 0.29) is 0 Å². The van der Waals surface area contributed by atoms with E-state index in [0.29, 0.717) is 30.2 Å². The average molecular weight is 359 g/mol. The van der Waals surface area contributed by atoms with Gasteiger partial charge in [-0.2, -0.15) is 10.4 Å². The summed E-state index contributed by atoms with van der Waals surface area (Å²) in [5.41, 5.74) is 4.44. The van der Waals surface area contributed by atoms with Gasteiger partial charge in [-0.05, 0) is 13.0 Å². The van der Waals surface area contributed by atoms with Crippen LogP contribution in [-0.4, -0.2) is 50.9 Å². The van der Waals surface area contributed by atoms with E-state index in [9.17, 15) is 5.26 Å². The molecule has 1 aliphatic heterocycles. The Morgan fingerprint density at radius 1 is 1.22 bits per heavy atom. The molecule has 0 amide bonds. The highest BCUT2D eigenvalue weighted by Crippen LogP contribution is 2.32. The van der Waals surface area contributed by atoms with Crippen molar-refractivity contribution in [3.8, 4) is 17.3 Å². The standard InChI is InChI=1S/C19H17N7O/c1-12-11-26-16(9-20)17(13-3-2-4-15-14(13)10-21-24-15)23-18(19(26)22-12)25-5-7-27-8-6-25/h2-4,10-11H,5-8H2,1H3,(H,21,24). The molecule has 4 aromatic rings. The van der Waals surface area contributed by atoms with Crippen LogP contribution in [0.4, 0.5) is 5.82 Å². The summed E-state index contributed by atoms with van der Waals surface area (Å²) in [6.07, 6.45) is 3.66. The maximum Gasteiger partial charge on any atom is 0.181 e. The lowest BCUT2D eigenvalue weighted by Gasteiger charge is -2.28. The zero-order chi connectivity index (χ0) is 18.4. The average Bonchev–Trinajstić information content (AvgIpc) is 3.33. The van der Waals surface area contributed by atoms with Crippen LogP contribution in [0.1, 0.15) is 11.4 Å². The van der Waals surface area contributed by atoms with Crippen molar-refractivity contribution in [2.24, 2.45) is 0 Å². The Kier molecular flexibility index (Phi) is 3.55. The lowest BCUT2D eigenvalue weighted by Crippen LogP contribution is -2.37. The predicted molar refractivity (Wildman–Crippen MR) is 101 cm³/mol. The van der Waals surface area contributed by atoms with Crippen LogP contribution in [0, 0.1) is 18.3 Å². The predicted octanol–water partition coefficient (Wildman–Crippen LogP) is 2.29. The zero-order valence-electron chi connectivity index (χ0n) is 14.8. The lowest BCUT2D eigenvalue weighted by molar-refractivity contribution is 0.122. The van der Waals surface area contributed by atoms with Gasteiger partial charge in [-0.1, -0.05) is 12.1 Å². The Morgan fingerprint density at radius 2 is 2.07 bits per heavy atom. The van der Waals surface area contributed by atoms with Crippen LogP contribution >= 0.6 is 0 Å². The smallest absolute Gasteiger partial charge is 0.181 e. The van der Waals surface area contributed by atoms with Gasteiger partial charge in [-0.3, -0.25) is 9.50 Å². The molecule has 1 N–H and O–H groups in total. The highest BCUT2D eigenvalue weighted by Gasteiger charge is 2.23. The molecule has 0 spiro atoms. The van der Waals surface area contributed by atoms with Crippen molar-refractivity contribution in [1.29, 1.82) is 5.26 Å². The quantitative estimate of drug-likeness (QED) is 0.590. The van der Waals surface area contributed by atoms with Crippen molar-refractivity contribution >= 4 is 22.4 Å². The summed E-state index contributed by atoms with van der Waals surface area (Å²) in [4.78, 5) is 11.7. The van der Waals surface area contributed by atoms with Crippen LogP contribution in [-0.2, 0) is 4.74 Å². The summed E-state index contributed by atoms with van der Waals surface area (Å²) < 4.78 is 7.33. The first kappa shape index (κ1) is 15.8. The monoisotopic (exact) mass is 359 g/mol. The Morgan fingerprint density at radius 3 is 2.89 bits per heavy atom. The molecule has 0 radical (unpaired) electrons. The highest BCUT2D eigenvalue weighted by molar-refractivity contribution is 5.95. The van der Waals surface area contributed by atoms with E-state index in [1.807, 2.05) is 35.7 Å². The van der Waals surface area contributed by atoms with Gasteiger partial charge in [-0.15, -0.1) is 0 Å². The number of nitrogens with one attached hydrogen (secondary N) is 1. The second-order valence-electron chi connectivity index (χ2n) is 6.56. The summed E-state index contributed by atoms with van der Waals surface area (Å²) >= 11 is 0. The van der Waals surface area contributed by atoms with E-state index in [2.05, 4.69) is 26.2 Å².